The van der Waals surface area contributed by atoms with Gasteiger partial charge in [-0.15, -0.1) is 0 Å². The summed E-state index contributed by atoms with van der Waals surface area (Å²) < 4.78 is 0. The van der Waals surface area contributed by atoms with E-state index in [1.54, 1.807) is 0 Å². The normalized spacial score (nSPS) is 28.9. The predicted octanol–water partition coefficient (Wildman–Crippen LogP) is 1.86. The molecule has 0 bridgehead atoms. The molecule has 1 aliphatic heterocycles. The molecule has 0 unspecified atom stereocenters. The summed E-state index contributed by atoms with van der Waals surface area (Å²) in [4.78, 5) is 2.26. The highest BCUT2D eigenvalue weighted by Gasteiger charge is 2.14. The molecule has 0 aromatic rings. The Morgan fingerprint density at radius 1 is 1.67 bits per heavy atom. The summed E-state index contributed by atoms with van der Waals surface area (Å²) in [6, 6.07) is 0. The van der Waals surface area contributed by atoms with Crippen LogP contribution in [-0.4, -0.2) is 18.5 Å². The molecule has 0 radical (unpaired) electrons. The van der Waals surface area contributed by atoms with Gasteiger partial charge in [0, 0.05) is 19.3 Å². The fraction of sp³-hybridized carbons (Fsp3) is 0.750. The molecular formula is C8H15N. The minimum absolute atomic E-state index is 0.862. The Labute approximate surface area is 57.4 Å². The van der Waals surface area contributed by atoms with Crippen molar-refractivity contribution in [3.63, 3.8) is 0 Å². The molecule has 0 amide bonds. The molecule has 1 aliphatic rings. The zero-order chi connectivity index (χ0) is 6.85. The van der Waals surface area contributed by atoms with Crippen molar-refractivity contribution in [1.29, 1.82) is 0 Å². The average Bonchev–Trinajstić information content (AvgIpc) is 1.80. The van der Waals surface area contributed by atoms with Crippen LogP contribution in [0.15, 0.2) is 12.3 Å². The van der Waals surface area contributed by atoms with Crippen molar-refractivity contribution in [2.45, 2.75) is 19.8 Å². The van der Waals surface area contributed by atoms with Gasteiger partial charge in [-0.3, -0.25) is 0 Å². The smallest absolute Gasteiger partial charge is 0.0197 e. The average molecular weight is 125 g/mol. The second-order valence-electron chi connectivity index (χ2n) is 3.09. The lowest BCUT2D eigenvalue weighted by molar-refractivity contribution is 0.279. The van der Waals surface area contributed by atoms with Crippen LogP contribution in [0.1, 0.15) is 19.8 Å². The summed E-state index contributed by atoms with van der Waals surface area (Å²) in [6.45, 7) is 7.44. The molecule has 1 nitrogen and oxygen atoms in total. The SMILES string of the molecule is C=C1CC[C@@H](C)CN1C. The molecule has 0 aromatic heterocycles. The zero-order valence-corrected chi connectivity index (χ0v) is 6.35. The van der Waals surface area contributed by atoms with Crippen LogP contribution in [-0.2, 0) is 0 Å². The first-order valence-electron chi connectivity index (χ1n) is 3.59. The van der Waals surface area contributed by atoms with Crippen LogP contribution in [0.2, 0.25) is 0 Å². The molecule has 0 aromatic carbocycles. The van der Waals surface area contributed by atoms with E-state index in [1.807, 2.05) is 0 Å². The highest BCUT2D eigenvalue weighted by molar-refractivity contribution is 4.96. The number of piperidine rings is 1. The van der Waals surface area contributed by atoms with Crippen LogP contribution < -0.4 is 0 Å². The van der Waals surface area contributed by atoms with Gasteiger partial charge >= 0.3 is 0 Å². The fourth-order valence-electron chi connectivity index (χ4n) is 1.29. The Kier molecular flexibility index (Phi) is 1.79. The van der Waals surface area contributed by atoms with Gasteiger partial charge in [0.1, 0.15) is 0 Å². The van der Waals surface area contributed by atoms with Crippen molar-refractivity contribution in [2.24, 2.45) is 5.92 Å². The topological polar surface area (TPSA) is 3.24 Å². The molecule has 52 valence electrons. The summed E-state index contributed by atoms with van der Waals surface area (Å²) in [5, 5.41) is 0. The molecule has 1 heterocycles. The summed E-state index contributed by atoms with van der Waals surface area (Å²) in [6.07, 6.45) is 2.51. The molecule has 0 spiro atoms. The Bertz CT molecular complexity index is 118. The number of likely N-dealkylation sites (tertiary alicyclic amines) is 1. The number of hydrogen-bond acceptors (Lipinski definition) is 1. The molecule has 1 fully saturated rings. The van der Waals surface area contributed by atoms with E-state index in [-0.39, 0.29) is 0 Å². The largest absolute Gasteiger partial charge is 0.378 e. The number of hydrogen-bond donors (Lipinski definition) is 0. The highest BCUT2D eigenvalue weighted by atomic mass is 15.1. The van der Waals surface area contributed by atoms with E-state index in [4.69, 9.17) is 0 Å². The lowest BCUT2D eigenvalue weighted by Gasteiger charge is -2.30. The van der Waals surface area contributed by atoms with E-state index in [2.05, 4.69) is 25.5 Å². The minimum atomic E-state index is 0.862. The number of allylic oxidation sites excluding steroid dienone is 1. The van der Waals surface area contributed by atoms with Gasteiger partial charge in [-0.05, 0) is 18.8 Å². The van der Waals surface area contributed by atoms with Gasteiger partial charge in [-0.2, -0.15) is 0 Å². The van der Waals surface area contributed by atoms with E-state index in [9.17, 15) is 0 Å². The summed E-state index contributed by atoms with van der Waals surface area (Å²) in [7, 11) is 2.12. The zero-order valence-electron chi connectivity index (χ0n) is 6.35. The summed E-state index contributed by atoms with van der Waals surface area (Å²) >= 11 is 0. The van der Waals surface area contributed by atoms with E-state index < -0.39 is 0 Å². The predicted molar refractivity (Wildman–Crippen MR) is 40.2 cm³/mol. The van der Waals surface area contributed by atoms with Crippen LogP contribution >= 0.6 is 0 Å². The van der Waals surface area contributed by atoms with Crippen LogP contribution in [0, 0.1) is 5.92 Å². The molecule has 0 aliphatic carbocycles. The van der Waals surface area contributed by atoms with Gasteiger partial charge in [-0.25, -0.2) is 0 Å². The van der Waals surface area contributed by atoms with E-state index in [0.717, 1.165) is 5.92 Å². The molecular weight excluding hydrogens is 110 g/mol. The Balaban J connectivity index is 2.44. The van der Waals surface area contributed by atoms with Crippen molar-refractivity contribution >= 4 is 0 Å². The molecule has 1 atom stereocenters. The second-order valence-corrected chi connectivity index (χ2v) is 3.09. The van der Waals surface area contributed by atoms with Gasteiger partial charge in [0.25, 0.3) is 0 Å². The summed E-state index contributed by atoms with van der Waals surface area (Å²) in [5.41, 5.74) is 1.30. The maximum Gasteiger partial charge on any atom is 0.0197 e. The van der Waals surface area contributed by atoms with Crippen molar-refractivity contribution in [1.82, 2.24) is 4.90 Å². The maximum atomic E-state index is 3.96. The molecule has 0 saturated carbocycles. The standard InChI is InChI=1S/C8H15N/c1-7-4-5-8(2)9(3)6-7/h7H,2,4-6H2,1,3H3/t7-/m1/s1. The van der Waals surface area contributed by atoms with Crippen LogP contribution in [0.25, 0.3) is 0 Å². The fourth-order valence-corrected chi connectivity index (χ4v) is 1.29. The highest BCUT2D eigenvalue weighted by Crippen LogP contribution is 2.20. The molecule has 1 saturated heterocycles. The first kappa shape index (κ1) is 6.66. The van der Waals surface area contributed by atoms with Gasteiger partial charge in [0.2, 0.25) is 0 Å². The Hall–Kier alpha value is -0.460. The third-order valence-corrected chi connectivity index (χ3v) is 2.05. The Morgan fingerprint density at radius 3 is 2.78 bits per heavy atom. The maximum absolute atomic E-state index is 3.96. The molecule has 1 heteroatoms. The van der Waals surface area contributed by atoms with Gasteiger partial charge < -0.3 is 4.90 Å². The van der Waals surface area contributed by atoms with Crippen molar-refractivity contribution in [3.8, 4) is 0 Å². The third kappa shape index (κ3) is 1.47. The van der Waals surface area contributed by atoms with Gasteiger partial charge in [0.05, 0.1) is 0 Å². The minimum Gasteiger partial charge on any atom is -0.378 e. The van der Waals surface area contributed by atoms with Crippen LogP contribution in [0.3, 0.4) is 0 Å². The molecule has 9 heavy (non-hydrogen) atoms. The first-order chi connectivity index (χ1) is 4.20. The monoisotopic (exact) mass is 125 g/mol. The van der Waals surface area contributed by atoms with Crippen molar-refractivity contribution < 1.29 is 0 Å². The van der Waals surface area contributed by atoms with E-state index in [1.165, 1.54) is 25.1 Å². The lowest BCUT2D eigenvalue weighted by Crippen LogP contribution is -2.28. The van der Waals surface area contributed by atoms with Crippen molar-refractivity contribution in [3.05, 3.63) is 12.3 Å². The van der Waals surface area contributed by atoms with Gasteiger partial charge in [0.15, 0.2) is 0 Å². The third-order valence-electron chi connectivity index (χ3n) is 2.05. The first-order valence-corrected chi connectivity index (χ1v) is 3.59. The van der Waals surface area contributed by atoms with Crippen LogP contribution in [0.5, 0.6) is 0 Å². The van der Waals surface area contributed by atoms with E-state index in [0.29, 0.717) is 0 Å². The van der Waals surface area contributed by atoms with Gasteiger partial charge in [-0.1, -0.05) is 13.5 Å². The van der Waals surface area contributed by atoms with Crippen LogP contribution in [0.4, 0.5) is 0 Å². The van der Waals surface area contributed by atoms with Crippen molar-refractivity contribution in [2.75, 3.05) is 13.6 Å². The number of nitrogens with zero attached hydrogens (tertiary/aromatic N) is 1. The lowest BCUT2D eigenvalue weighted by atomic mass is 9.99. The second kappa shape index (κ2) is 2.42. The summed E-state index contributed by atoms with van der Waals surface area (Å²) in [5.74, 6) is 0.862. The Morgan fingerprint density at radius 2 is 2.33 bits per heavy atom. The quantitative estimate of drug-likeness (QED) is 0.477. The number of rotatable bonds is 0. The molecule has 1 rings (SSSR count). The molecule has 0 N–H and O–H groups in total. The van der Waals surface area contributed by atoms with E-state index >= 15 is 0 Å².